The molecule has 3 nitrogen and oxygen atoms in total. The lowest BCUT2D eigenvalue weighted by Gasteiger charge is -2.17. The fourth-order valence-electron chi connectivity index (χ4n) is 2.32. The van der Waals surface area contributed by atoms with Gasteiger partial charge in [-0.05, 0) is 33.1 Å². The zero-order valence-corrected chi connectivity index (χ0v) is 11.7. The predicted octanol–water partition coefficient (Wildman–Crippen LogP) is 3.65. The molecule has 18 heavy (non-hydrogen) atoms. The molecule has 3 heteroatoms. The Labute approximate surface area is 110 Å². The standard InChI is InChI=1S/C15H26O3/c1-12-10-8-6-4-3-5-7-9-11-14(16)13(2)15(17)18-12/h12-13H,3-11H2,1-2H3/t12?,13-/m1/s1. The van der Waals surface area contributed by atoms with Crippen molar-refractivity contribution in [3.8, 4) is 0 Å². The average molecular weight is 254 g/mol. The minimum atomic E-state index is -0.588. The third-order valence-electron chi connectivity index (χ3n) is 3.69. The smallest absolute Gasteiger partial charge is 0.316 e. The molecule has 0 aromatic carbocycles. The normalized spacial score (nSPS) is 29.4. The molecular weight excluding hydrogens is 228 g/mol. The molecule has 0 radical (unpaired) electrons. The second-order valence-electron chi connectivity index (χ2n) is 5.45. The number of Topliss-reactive ketones (excluding diaryl/α,β-unsaturated/α-hetero) is 1. The molecule has 1 saturated heterocycles. The van der Waals surface area contributed by atoms with E-state index in [-0.39, 0.29) is 17.9 Å². The number of rotatable bonds is 0. The van der Waals surface area contributed by atoms with Crippen molar-refractivity contribution in [1.29, 1.82) is 0 Å². The molecule has 0 bridgehead atoms. The van der Waals surface area contributed by atoms with Crippen molar-refractivity contribution >= 4 is 11.8 Å². The van der Waals surface area contributed by atoms with Crippen LogP contribution >= 0.6 is 0 Å². The maximum atomic E-state index is 11.8. The largest absolute Gasteiger partial charge is 0.462 e. The van der Waals surface area contributed by atoms with Crippen LogP contribution < -0.4 is 0 Å². The highest BCUT2D eigenvalue weighted by Gasteiger charge is 2.23. The van der Waals surface area contributed by atoms with Crippen LogP contribution in [0.15, 0.2) is 0 Å². The average Bonchev–Trinajstić information content (AvgIpc) is 2.34. The third kappa shape index (κ3) is 5.65. The van der Waals surface area contributed by atoms with Crippen molar-refractivity contribution in [2.45, 2.75) is 77.7 Å². The summed E-state index contributed by atoms with van der Waals surface area (Å²) in [6.07, 6.45) is 9.43. The Kier molecular flexibility index (Phi) is 6.99. The van der Waals surface area contributed by atoms with Crippen molar-refractivity contribution in [2.24, 2.45) is 5.92 Å². The van der Waals surface area contributed by atoms with E-state index in [1.807, 2.05) is 6.92 Å². The first-order chi connectivity index (χ1) is 8.61. The molecule has 1 unspecified atom stereocenters. The number of carbonyl (C=O) groups is 2. The third-order valence-corrected chi connectivity index (χ3v) is 3.69. The van der Waals surface area contributed by atoms with Crippen LogP contribution in [0.3, 0.4) is 0 Å². The van der Waals surface area contributed by atoms with Crippen molar-refractivity contribution in [3.63, 3.8) is 0 Å². The fourth-order valence-corrected chi connectivity index (χ4v) is 2.32. The van der Waals surface area contributed by atoms with Crippen LogP contribution in [0.5, 0.6) is 0 Å². The minimum absolute atomic E-state index is 0.0317. The van der Waals surface area contributed by atoms with Crippen LogP contribution in [0.1, 0.15) is 71.6 Å². The lowest BCUT2D eigenvalue weighted by atomic mass is 9.99. The minimum Gasteiger partial charge on any atom is -0.462 e. The van der Waals surface area contributed by atoms with E-state index in [0.717, 1.165) is 25.7 Å². The first-order valence-corrected chi connectivity index (χ1v) is 7.34. The van der Waals surface area contributed by atoms with Crippen LogP contribution in [0, 0.1) is 5.92 Å². The summed E-state index contributed by atoms with van der Waals surface area (Å²) in [6.45, 7) is 3.59. The maximum absolute atomic E-state index is 11.8. The summed E-state index contributed by atoms with van der Waals surface area (Å²) in [5, 5.41) is 0. The van der Waals surface area contributed by atoms with Gasteiger partial charge in [-0.15, -0.1) is 0 Å². The molecule has 0 spiro atoms. The summed E-state index contributed by atoms with van der Waals surface area (Å²) < 4.78 is 5.32. The van der Waals surface area contributed by atoms with Gasteiger partial charge in [0.25, 0.3) is 0 Å². The Morgan fingerprint density at radius 1 is 0.889 bits per heavy atom. The Morgan fingerprint density at radius 2 is 1.44 bits per heavy atom. The molecule has 104 valence electrons. The van der Waals surface area contributed by atoms with E-state index < -0.39 is 5.92 Å². The molecule has 1 rings (SSSR count). The summed E-state index contributed by atoms with van der Waals surface area (Å²) >= 11 is 0. The number of ether oxygens (including phenoxy) is 1. The van der Waals surface area contributed by atoms with E-state index in [1.54, 1.807) is 6.92 Å². The fraction of sp³-hybridized carbons (Fsp3) is 0.867. The molecule has 0 aromatic heterocycles. The Morgan fingerprint density at radius 3 is 2.11 bits per heavy atom. The molecular formula is C15H26O3. The van der Waals surface area contributed by atoms with E-state index in [4.69, 9.17) is 4.74 Å². The molecule has 1 fully saturated rings. The van der Waals surface area contributed by atoms with Crippen molar-refractivity contribution in [3.05, 3.63) is 0 Å². The van der Waals surface area contributed by atoms with E-state index in [9.17, 15) is 9.59 Å². The van der Waals surface area contributed by atoms with E-state index in [1.165, 1.54) is 25.7 Å². The highest BCUT2D eigenvalue weighted by Crippen LogP contribution is 2.16. The van der Waals surface area contributed by atoms with Gasteiger partial charge in [-0.25, -0.2) is 0 Å². The van der Waals surface area contributed by atoms with Gasteiger partial charge in [-0.2, -0.15) is 0 Å². The first-order valence-electron chi connectivity index (χ1n) is 7.34. The molecule has 1 aliphatic heterocycles. The molecule has 2 atom stereocenters. The van der Waals surface area contributed by atoms with Gasteiger partial charge in [0.05, 0.1) is 6.10 Å². The Bertz CT molecular complexity index is 273. The summed E-state index contributed by atoms with van der Waals surface area (Å²) in [6, 6.07) is 0. The monoisotopic (exact) mass is 254 g/mol. The van der Waals surface area contributed by atoms with Crippen molar-refractivity contribution in [1.82, 2.24) is 0 Å². The van der Waals surface area contributed by atoms with E-state index in [0.29, 0.717) is 6.42 Å². The van der Waals surface area contributed by atoms with Crippen LogP contribution in [0.25, 0.3) is 0 Å². The van der Waals surface area contributed by atoms with Crippen molar-refractivity contribution < 1.29 is 14.3 Å². The van der Waals surface area contributed by atoms with Gasteiger partial charge in [0.2, 0.25) is 0 Å². The second-order valence-corrected chi connectivity index (χ2v) is 5.45. The summed E-state index contributed by atoms with van der Waals surface area (Å²) in [7, 11) is 0. The van der Waals surface area contributed by atoms with Gasteiger partial charge in [0.15, 0.2) is 0 Å². The molecule has 1 aliphatic rings. The van der Waals surface area contributed by atoms with Gasteiger partial charge in [0.1, 0.15) is 11.7 Å². The quantitative estimate of drug-likeness (QED) is 0.489. The van der Waals surface area contributed by atoms with Gasteiger partial charge in [0, 0.05) is 6.42 Å². The Balaban J connectivity index is 2.49. The molecule has 1 heterocycles. The van der Waals surface area contributed by atoms with Crippen LogP contribution in [-0.4, -0.2) is 17.9 Å². The molecule has 0 N–H and O–H groups in total. The first kappa shape index (κ1) is 15.2. The summed E-state index contributed by atoms with van der Waals surface area (Å²) in [5.74, 6) is -0.899. The zero-order valence-electron chi connectivity index (χ0n) is 11.7. The number of hydrogen-bond acceptors (Lipinski definition) is 3. The van der Waals surface area contributed by atoms with Crippen LogP contribution in [0.2, 0.25) is 0 Å². The van der Waals surface area contributed by atoms with Crippen molar-refractivity contribution in [2.75, 3.05) is 0 Å². The zero-order chi connectivity index (χ0) is 13.4. The SMILES string of the molecule is CC1CCCCCCCCCC(=O)[C@@H](C)C(=O)O1. The van der Waals surface area contributed by atoms with Crippen LogP contribution in [0.4, 0.5) is 0 Å². The predicted molar refractivity (Wildman–Crippen MR) is 71.3 cm³/mol. The summed E-state index contributed by atoms with van der Waals surface area (Å²) in [5.41, 5.74) is 0. The number of esters is 1. The topological polar surface area (TPSA) is 43.4 Å². The number of carbonyl (C=O) groups excluding carboxylic acids is 2. The number of cyclic esters (lactones) is 1. The summed E-state index contributed by atoms with van der Waals surface area (Å²) in [4.78, 5) is 23.6. The number of hydrogen-bond donors (Lipinski definition) is 0. The lowest BCUT2D eigenvalue weighted by molar-refractivity contribution is -0.155. The number of ketones is 1. The molecule has 0 amide bonds. The van der Waals surface area contributed by atoms with Crippen LogP contribution in [-0.2, 0) is 14.3 Å². The molecule has 0 saturated carbocycles. The Hall–Kier alpha value is -0.860. The lowest BCUT2D eigenvalue weighted by Crippen LogP contribution is -2.26. The van der Waals surface area contributed by atoms with Gasteiger partial charge >= 0.3 is 5.97 Å². The highest BCUT2D eigenvalue weighted by atomic mass is 16.5. The van der Waals surface area contributed by atoms with Gasteiger partial charge < -0.3 is 4.74 Å². The maximum Gasteiger partial charge on any atom is 0.316 e. The van der Waals surface area contributed by atoms with E-state index >= 15 is 0 Å². The van der Waals surface area contributed by atoms with Gasteiger partial charge in [-0.1, -0.05) is 32.1 Å². The van der Waals surface area contributed by atoms with Gasteiger partial charge in [-0.3, -0.25) is 9.59 Å². The molecule has 0 aromatic rings. The second kappa shape index (κ2) is 8.28. The van der Waals surface area contributed by atoms with E-state index in [2.05, 4.69) is 0 Å². The highest BCUT2D eigenvalue weighted by molar-refractivity contribution is 5.98. The molecule has 0 aliphatic carbocycles.